The van der Waals surface area contributed by atoms with Gasteiger partial charge in [0.25, 0.3) is 11.8 Å². The molecule has 1 unspecified atom stereocenters. The second-order valence-electron chi connectivity index (χ2n) is 9.31. The standard InChI is InChI=1S/C27H29N5O6S/c1-17-9-11-38-24(17)27(36)30-21-5-3-4-18(12-21)6-7-19-13-20(14-29-25(19)28)26(35)31-39(2,37)16-23(34)32-10-8-22(33)15-32/h3-5,9,11-14,22,33,39H,8,10,15-16H2,1-2H3,(H2,28,29)(H,30,36)(H,31,35,37). The van der Waals surface area contributed by atoms with Gasteiger partial charge in [0.05, 0.1) is 29.2 Å². The van der Waals surface area contributed by atoms with E-state index in [0.29, 0.717) is 29.8 Å². The number of β-amino-alcohol motifs (C(OH)–C–C–N with tert-alkyl or cyclic N) is 1. The van der Waals surface area contributed by atoms with Crippen molar-refractivity contribution in [2.24, 2.45) is 4.36 Å². The van der Waals surface area contributed by atoms with Crippen LogP contribution in [0.2, 0.25) is 0 Å². The molecular formula is C27H29N5O6S. The zero-order valence-corrected chi connectivity index (χ0v) is 22.3. The molecule has 0 spiro atoms. The van der Waals surface area contributed by atoms with Crippen LogP contribution >= 0.6 is 0 Å². The lowest BCUT2D eigenvalue weighted by atomic mass is 10.1. The highest BCUT2D eigenvalue weighted by Crippen LogP contribution is 2.17. The average Bonchev–Trinajstić information content (AvgIpc) is 3.51. The quantitative estimate of drug-likeness (QED) is 0.237. The first-order valence-electron chi connectivity index (χ1n) is 12.1. The lowest BCUT2D eigenvalue weighted by Crippen LogP contribution is -2.36. The third-order valence-electron chi connectivity index (χ3n) is 5.95. The number of aliphatic hydroxyl groups excluding tert-OH is 1. The first-order valence-corrected chi connectivity index (χ1v) is 14.4. The molecule has 12 heteroatoms. The van der Waals surface area contributed by atoms with Crippen LogP contribution < -0.4 is 11.1 Å². The second-order valence-corrected chi connectivity index (χ2v) is 12.0. The van der Waals surface area contributed by atoms with Crippen molar-refractivity contribution < 1.29 is 28.5 Å². The van der Waals surface area contributed by atoms with Gasteiger partial charge in [0.2, 0.25) is 5.91 Å². The SMILES string of the molecule is Cc1ccoc1C(=O)Nc1cccc(C#Cc2cc(C(=O)N=[SH](C)(O)CC(=O)N3CCC(O)C3)cnc2N)c1. The number of anilines is 2. The highest BCUT2D eigenvalue weighted by Gasteiger charge is 2.26. The van der Waals surface area contributed by atoms with Gasteiger partial charge in [-0.3, -0.25) is 14.4 Å². The summed E-state index contributed by atoms with van der Waals surface area (Å²) >= 11 is 0. The summed E-state index contributed by atoms with van der Waals surface area (Å²) in [4.78, 5) is 43.1. The lowest BCUT2D eigenvalue weighted by molar-refractivity contribution is -0.127. The lowest BCUT2D eigenvalue weighted by Gasteiger charge is -2.22. The Bertz CT molecular complexity index is 1550. The highest BCUT2D eigenvalue weighted by molar-refractivity contribution is 8.00. The fourth-order valence-electron chi connectivity index (χ4n) is 3.91. The van der Waals surface area contributed by atoms with Crippen molar-refractivity contribution >= 4 is 39.3 Å². The number of hydrogen-bond donors (Lipinski definition) is 5. The molecule has 5 N–H and O–H groups in total. The molecule has 204 valence electrons. The predicted molar refractivity (Wildman–Crippen MR) is 149 cm³/mol. The van der Waals surface area contributed by atoms with Crippen molar-refractivity contribution in [1.82, 2.24) is 9.88 Å². The molecule has 1 atom stereocenters. The van der Waals surface area contributed by atoms with E-state index in [4.69, 9.17) is 10.2 Å². The molecule has 11 nitrogen and oxygen atoms in total. The monoisotopic (exact) mass is 551 g/mol. The van der Waals surface area contributed by atoms with E-state index in [9.17, 15) is 24.0 Å². The minimum Gasteiger partial charge on any atom is -0.459 e. The van der Waals surface area contributed by atoms with Gasteiger partial charge in [-0.05, 0) is 49.9 Å². The number of nitrogens with zero attached hydrogens (tertiary/aromatic N) is 3. The van der Waals surface area contributed by atoms with Crippen LogP contribution in [0.3, 0.4) is 0 Å². The number of nitrogen functional groups attached to an aromatic ring is 1. The number of furan rings is 1. The Hall–Kier alpha value is -4.31. The third-order valence-corrected chi connectivity index (χ3v) is 7.43. The summed E-state index contributed by atoms with van der Waals surface area (Å²) in [7, 11) is -3.25. The summed E-state index contributed by atoms with van der Waals surface area (Å²) in [6.07, 6.45) is 3.95. The van der Waals surface area contributed by atoms with Gasteiger partial charge < -0.3 is 30.0 Å². The van der Waals surface area contributed by atoms with Crippen LogP contribution in [-0.2, 0) is 14.9 Å². The molecule has 1 aromatic carbocycles. The van der Waals surface area contributed by atoms with Gasteiger partial charge in [-0.1, -0.05) is 28.0 Å². The van der Waals surface area contributed by atoms with Crippen molar-refractivity contribution in [2.45, 2.75) is 19.4 Å². The first kappa shape index (κ1) is 27.7. The summed E-state index contributed by atoms with van der Waals surface area (Å²) in [5, 5.41) is 12.4. The van der Waals surface area contributed by atoms with E-state index in [1.165, 1.54) is 29.7 Å². The molecular weight excluding hydrogens is 522 g/mol. The molecule has 1 aliphatic heterocycles. The number of carbonyl (C=O) groups is 3. The fraction of sp³-hybridized carbons (Fsp3) is 0.259. The number of nitrogens with one attached hydrogen (secondary N) is 1. The van der Waals surface area contributed by atoms with Gasteiger partial charge in [0, 0.05) is 36.1 Å². The van der Waals surface area contributed by atoms with E-state index in [0.717, 1.165) is 0 Å². The maximum atomic E-state index is 12.8. The predicted octanol–water partition coefficient (Wildman–Crippen LogP) is 2.12. The first-order chi connectivity index (χ1) is 18.5. The molecule has 1 saturated heterocycles. The molecule has 0 bridgehead atoms. The normalized spacial score (nSPS) is 15.3. The molecule has 3 amide bonds. The van der Waals surface area contributed by atoms with Crippen LogP contribution in [0.5, 0.6) is 0 Å². The molecule has 0 aliphatic carbocycles. The van der Waals surface area contributed by atoms with Gasteiger partial charge in [-0.25, -0.2) is 4.98 Å². The van der Waals surface area contributed by atoms with E-state index in [1.54, 1.807) is 37.3 Å². The Labute approximate surface area is 226 Å². The van der Waals surface area contributed by atoms with Crippen molar-refractivity contribution in [3.8, 4) is 11.8 Å². The molecule has 0 saturated carbocycles. The molecule has 0 radical (unpaired) electrons. The number of aromatic nitrogens is 1. The van der Waals surface area contributed by atoms with Gasteiger partial charge in [-0.15, -0.1) is 0 Å². The molecule has 4 rings (SSSR count). The number of carbonyl (C=O) groups excluding carboxylic acids is 3. The molecule has 1 fully saturated rings. The number of likely N-dealkylation sites (tertiary alicyclic amines) is 1. The summed E-state index contributed by atoms with van der Waals surface area (Å²) in [6, 6.07) is 9.98. The zero-order chi connectivity index (χ0) is 28.2. The van der Waals surface area contributed by atoms with E-state index in [2.05, 4.69) is 26.5 Å². The molecule has 39 heavy (non-hydrogen) atoms. The number of pyridine rings is 1. The van der Waals surface area contributed by atoms with Gasteiger partial charge in [-0.2, -0.15) is 4.36 Å². The number of benzene rings is 1. The maximum absolute atomic E-state index is 12.8. The number of thiol groups is 1. The number of amides is 3. The van der Waals surface area contributed by atoms with Crippen molar-refractivity contribution in [1.29, 1.82) is 0 Å². The Balaban J connectivity index is 1.48. The van der Waals surface area contributed by atoms with Gasteiger partial charge in [0.15, 0.2) is 5.76 Å². The fourth-order valence-corrected chi connectivity index (χ4v) is 5.20. The van der Waals surface area contributed by atoms with E-state index >= 15 is 0 Å². The van der Waals surface area contributed by atoms with Crippen LogP contribution in [0, 0.1) is 18.8 Å². The van der Waals surface area contributed by atoms with Crippen LogP contribution in [0.1, 0.15) is 44.0 Å². The third kappa shape index (κ3) is 7.17. The topological polar surface area (TPSA) is 171 Å². The summed E-state index contributed by atoms with van der Waals surface area (Å²) in [5.41, 5.74) is 8.10. The maximum Gasteiger partial charge on any atom is 0.291 e. The molecule has 1 aliphatic rings. The number of aliphatic hydroxyl groups is 1. The van der Waals surface area contributed by atoms with Crippen molar-refractivity contribution in [3.63, 3.8) is 0 Å². The number of rotatable bonds is 5. The molecule has 3 aromatic rings. The summed E-state index contributed by atoms with van der Waals surface area (Å²) in [6.45, 7) is 2.38. The van der Waals surface area contributed by atoms with Crippen LogP contribution in [0.25, 0.3) is 0 Å². The second kappa shape index (κ2) is 11.6. The largest absolute Gasteiger partial charge is 0.459 e. The number of hydrogen-bond acceptors (Lipinski definition) is 7. The number of nitrogens with two attached hydrogens (primary N) is 1. The number of aryl methyl sites for hydroxylation is 1. The van der Waals surface area contributed by atoms with Crippen molar-refractivity contribution in [3.05, 3.63) is 76.9 Å². The summed E-state index contributed by atoms with van der Waals surface area (Å²) < 4.78 is 19.8. The summed E-state index contributed by atoms with van der Waals surface area (Å²) in [5.74, 6) is 4.35. The van der Waals surface area contributed by atoms with E-state index in [-0.39, 0.29) is 46.8 Å². The Morgan fingerprint density at radius 2 is 2.08 bits per heavy atom. The molecule has 2 aromatic heterocycles. The minimum atomic E-state index is -3.25. The zero-order valence-electron chi connectivity index (χ0n) is 21.4. The van der Waals surface area contributed by atoms with E-state index in [1.807, 2.05) is 0 Å². The highest BCUT2D eigenvalue weighted by atomic mass is 32.3. The minimum absolute atomic E-state index is 0.0626. The van der Waals surface area contributed by atoms with E-state index < -0.39 is 22.1 Å². The van der Waals surface area contributed by atoms with Crippen LogP contribution in [0.4, 0.5) is 11.5 Å². The molecule has 3 heterocycles. The van der Waals surface area contributed by atoms with Crippen LogP contribution in [0.15, 0.2) is 57.6 Å². The Morgan fingerprint density at radius 3 is 2.77 bits per heavy atom. The van der Waals surface area contributed by atoms with Gasteiger partial charge >= 0.3 is 0 Å². The van der Waals surface area contributed by atoms with Crippen molar-refractivity contribution in [2.75, 3.05) is 36.1 Å². The van der Waals surface area contributed by atoms with Gasteiger partial charge in [0.1, 0.15) is 5.82 Å². The Kier molecular flexibility index (Phi) is 8.25. The smallest absolute Gasteiger partial charge is 0.291 e. The average molecular weight is 552 g/mol. The Morgan fingerprint density at radius 1 is 1.28 bits per heavy atom. The van der Waals surface area contributed by atoms with Crippen LogP contribution in [-0.4, -0.2) is 68.5 Å².